The molecule has 0 saturated heterocycles. The third-order valence-electron chi connectivity index (χ3n) is 2.59. The Labute approximate surface area is 126 Å². The van der Waals surface area contributed by atoms with Gasteiger partial charge in [0.15, 0.2) is 0 Å². The molecule has 1 N–H and O–H groups in total. The van der Waals surface area contributed by atoms with Gasteiger partial charge < -0.3 is 5.32 Å². The van der Waals surface area contributed by atoms with Crippen molar-refractivity contribution in [1.29, 1.82) is 0 Å². The highest BCUT2D eigenvalue weighted by Crippen LogP contribution is 2.31. The van der Waals surface area contributed by atoms with Crippen molar-refractivity contribution in [3.63, 3.8) is 0 Å². The summed E-state index contributed by atoms with van der Waals surface area (Å²) in [5.41, 5.74) is 1.67. The van der Waals surface area contributed by atoms with Gasteiger partial charge in [0.1, 0.15) is 17.3 Å². The van der Waals surface area contributed by atoms with Gasteiger partial charge in [-0.15, -0.1) is 0 Å². The molecule has 0 aliphatic heterocycles. The summed E-state index contributed by atoms with van der Waals surface area (Å²) in [5.74, 6) is 0.882. The molecule has 1 aromatic heterocycles. The number of aromatic nitrogens is 2. The topological polar surface area (TPSA) is 37.8 Å². The molecule has 0 atom stereocenters. The van der Waals surface area contributed by atoms with Crippen LogP contribution in [0.2, 0.25) is 15.2 Å². The molecule has 100 valence electrons. The van der Waals surface area contributed by atoms with Crippen LogP contribution < -0.4 is 5.32 Å². The van der Waals surface area contributed by atoms with E-state index in [4.69, 9.17) is 34.8 Å². The van der Waals surface area contributed by atoms with Gasteiger partial charge in [-0.05, 0) is 24.1 Å². The van der Waals surface area contributed by atoms with Crippen LogP contribution in [0.1, 0.15) is 25.3 Å². The molecule has 0 saturated carbocycles. The van der Waals surface area contributed by atoms with Gasteiger partial charge in [-0.1, -0.05) is 48.7 Å². The molecular weight excluding hydrogens is 305 g/mol. The van der Waals surface area contributed by atoms with Crippen LogP contribution >= 0.6 is 34.8 Å². The number of nitrogens with one attached hydrogen (secondary N) is 1. The van der Waals surface area contributed by atoms with Crippen molar-refractivity contribution in [2.45, 2.75) is 19.8 Å². The van der Waals surface area contributed by atoms with Crippen molar-refractivity contribution < 1.29 is 0 Å². The second-order valence-electron chi connectivity index (χ2n) is 4.34. The van der Waals surface area contributed by atoms with Gasteiger partial charge in [0.2, 0.25) is 0 Å². The average molecular weight is 317 g/mol. The van der Waals surface area contributed by atoms with Crippen LogP contribution in [0.15, 0.2) is 24.5 Å². The summed E-state index contributed by atoms with van der Waals surface area (Å²) in [6.07, 6.45) is 1.42. The first-order valence-corrected chi connectivity index (χ1v) is 6.85. The lowest BCUT2D eigenvalue weighted by atomic mass is 10.1. The summed E-state index contributed by atoms with van der Waals surface area (Å²) < 4.78 is 0. The smallest absolute Gasteiger partial charge is 0.138 e. The largest absolute Gasteiger partial charge is 0.340 e. The zero-order chi connectivity index (χ0) is 14.0. The van der Waals surface area contributed by atoms with E-state index in [1.54, 1.807) is 12.1 Å². The first-order valence-electron chi connectivity index (χ1n) is 5.71. The molecule has 0 spiro atoms. The molecule has 0 bridgehead atoms. The van der Waals surface area contributed by atoms with Gasteiger partial charge in [-0.2, -0.15) is 0 Å². The predicted octanol–water partition coefficient (Wildman–Crippen LogP) is 5.30. The molecule has 0 fully saturated rings. The minimum Gasteiger partial charge on any atom is -0.340 e. The minimum absolute atomic E-state index is 0.207. The fourth-order valence-electron chi connectivity index (χ4n) is 1.70. The highest BCUT2D eigenvalue weighted by atomic mass is 35.5. The van der Waals surface area contributed by atoms with E-state index in [9.17, 15) is 0 Å². The molecule has 2 rings (SSSR count). The van der Waals surface area contributed by atoms with Crippen LogP contribution in [0.3, 0.4) is 0 Å². The summed E-state index contributed by atoms with van der Waals surface area (Å²) in [6, 6.07) is 5.29. The third-order valence-corrected chi connectivity index (χ3v) is 3.64. The van der Waals surface area contributed by atoms with Crippen LogP contribution in [-0.2, 0) is 0 Å². The average Bonchev–Trinajstić information content (AvgIpc) is 2.33. The lowest BCUT2D eigenvalue weighted by molar-refractivity contribution is 0.850. The summed E-state index contributed by atoms with van der Waals surface area (Å²) in [6.45, 7) is 4.06. The highest BCUT2D eigenvalue weighted by molar-refractivity contribution is 6.42. The van der Waals surface area contributed by atoms with E-state index in [0.717, 1.165) is 11.3 Å². The van der Waals surface area contributed by atoms with Crippen molar-refractivity contribution in [3.8, 4) is 0 Å². The maximum atomic E-state index is 6.11. The Kier molecular flexibility index (Phi) is 4.50. The maximum absolute atomic E-state index is 6.11. The monoisotopic (exact) mass is 315 g/mol. The van der Waals surface area contributed by atoms with E-state index in [-0.39, 0.29) is 5.92 Å². The van der Waals surface area contributed by atoms with Crippen molar-refractivity contribution in [2.75, 3.05) is 5.32 Å². The molecule has 0 aliphatic rings. The van der Waals surface area contributed by atoms with E-state index in [1.807, 2.05) is 19.9 Å². The number of anilines is 2. The Hall–Kier alpha value is -1.03. The summed E-state index contributed by atoms with van der Waals surface area (Å²) in [5, 5.41) is 4.63. The van der Waals surface area contributed by atoms with Crippen molar-refractivity contribution in [3.05, 3.63) is 45.3 Å². The molecule has 3 nitrogen and oxygen atoms in total. The third kappa shape index (κ3) is 3.30. The number of halogens is 3. The fraction of sp³-hybridized carbons (Fsp3) is 0.231. The van der Waals surface area contributed by atoms with Gasteiger partial charge in [0.25, 0.3) is 0 Å². The van der Waals surface area contributed by atoms with E-state index in [0.29, 0.717) is 21.0 Å². The lowest BCUT2D eigenvalue weighted by Crippen LogP contribution is -2.03. The lowest BCUT2D eigenvalue weighted by Gasteiger charge is -2.14. The Morgan fingerprint density at radius 1 is 1.05 bits per heavy atom. The van der Waals surface area contributed by atoms with Gasteiger partial charge in [-0.3, -0.25) is 0 Å². The summed E-state index contributed by atoms with van der Waals surface area (Å²) in [4.78, 5) is 8.23. The normalized spacial score (nSPS) is 10.8. The number of hydrogen-bond acceptors (Lipinski definition) is 3. The maximum Gasteiger partial charge on any atom is 0.138 e. The molecule has 1 aromatic carbocycles. The van der Waals surface area contributed by atoms with Crippen molar-refractivity contribution in [2.24, 2.45) is 0 Å². The van der Waals surface area contributed by atoms with Crippen LogP contribution in [0.25, 0.3) is 0 Å². The van der Waals surface area contributed by atoms with Crippen LogP contribution in [-0.4, -0.2) is 9.97 Å². The SMILES string of the molecule is CC(C)c1c(Cl)ncnc1Nc1ccc(Cl)c(Cl)c1. The molecule has 0 radical (unpaired) electrons. The van der Waals surface area contributed by atoms with Gasteiger partial charge in [0, 0.05) is 11.3 Å². The first-order chi connectivity index (χ1) is 8.99. The zero-order valence-corrected chi connectivity index (χ0v) is 12.7. The number of nitrogens with zero attached hydrogens (tertiary/aromatic N) is 2. The molecule has 6 heteroatoms. The molecule has 0 aliphatic carbocycles. The summed E-state index contributed by atoms with van der Waals surface area (Å²) >= 11 is 18.0. The molecule has 2 aromatic rings. The number of rotatable bonds is 3. The molecule has 0 unspecified atom stereocenters. The van der Waals surface area contributed by atoms with Gasteiger partial charge >= 0.3 is 0 Å². The molecule has 0 amide bonds. The van der Waals surface area contributed by atoms with Crippen molar-refractivity contribution >= 4 is 46.3 Å². The predicted molar refractivity (Wildman–Crippen MR) is 80.9 cm³/mol. The second-order valence-corrected chi connectivity index (χ2v) is 5.51. The standard InChI is InChI=1S/C13H12Cl3N3/c1-7(2)11-12(16)17-6-18-13(11)19-8-3-4-9(14)10(15)5-8/h3-7H,1-2H3,(H,17,18,19). The zero-order valence-electron chi connectivity index (χ0n) is 10.4. The number of benzene rings is 1. The van der Waals surface area contributed by atoms with Crippen LogP contribution in [0, 0.1) is 0 Å². The van der Waals surface area contributed by atoms with Gasteiger partial charge in [0.05, 0.1) is 10.0 Å². The molecule has 19 heavy (non-hydrogen) atoms. The Morgan fingerprint density at radius 3 is 2.42 bits per heavy atom. The van der Waals surface area contributed by atoms with Crippen LogP contribution in [0.4, 0.5) is 11.5 Å². The number of hydrogen-bond donors (Lipinski definition) is 1. The van der Waals surface area contributed by atoms with E-state index in [1.165, 1.54) is 6.33 Å². The first kappa shape index (κ1) is 14.4. The Bertz CT molecular complexity index is 600. The van der Waals surface area contributed by atoms with E-state index < -0.39 is 0 Å². The highest BCUT2D eigenvalue weighted by Gasteiger charge is 2.13. The quantitative estimate of drug-likeness (QED) is 0.780. The molecular formula is C13H12Cl3N3. The van der Waals surface area contributed by atoms with Crippen molar-refractivity contribution in [1.82, 2.24) is 9.97 Å². The van der Waals surface area contributed by atoms with Crippen LogP contribution in [0.5, 0.6) is 0 Å². The Balaban J connectivity index is 2.38. The summed E-state index contributed by atoms with van der Waals surface area (Å²) in [7, 11) is 0. The molecule has 1 heterocycles. The fourth-order valence-corrected chi connectivity index (χ4v) is 2.35. The van der Waals surface area contributed by atoms with Gasteiger partial charge in [-0.25, -0.2) is 9.97 Å². The van der Waals surface area contributed by atoms with E-state index in [2.05, 4.69) is 15.3 Å². The minimum atomic E-state index is 0.207. The Morgan fingerprint density at radius 2 is 1.79 bits per heavy atom. The van der Waals surface area contributed by atoms with E-state index >= 15 is 0 Å². The second kappa shape index (κ2) is 5.95.